The average Bonchev–Trinajstić information content (AvgIpc) is 2.87. The lowest BCUT2D eigenvalue weighted by molar-refractivity contribution is 0.189. The fourth-order valence-electron chi connectivity index (χ4n) is 2.85. The lowest BCUT2D eigenvalue weighted by atomic mass is 10.0. The summed E-state index contributed by atoms with van der Waals surface area (Å²) in [4.78, 5) is 2.04. The Labute approximate surface area is 140 Å². The number of hydrogen-bond acceptors (Lipinski definition) is 4. The molecular weight excluding hydrogens is 322 g/mol. The van der Waals surface area contributed by atoms with Crippen molar-refractivity contribution in [3.05, 3.63) is 34.6 Å². The van der Waals surface area contributed by atoms with Crippen LogP contribution >= 0.6 is 23.8 Å². The third-order valence-corrected chi connectivity index (χ3v) is 4.32. The van der Waals surface area contributed by atoms with Crippen LogP contribution < -0.4 is 20.5 Å². The van der Waals surface area contributed by atoms with E-state index < -0.39 is 0 Å². The van der Waals surface area contributed by atoms with Crippen molar-refractivity contribution in [1.29, 1.82) is 0 Å². The van der Waals surface area contributed by atoms with Gasteiger partial charge in [0.05, 0.1) is 13.2 Å². The minimum atomic E-state index is 0.0900. The maximum atomic E-state index is 6.15. The first-order chi connectivity index (χ1) is 10.6. The highest BCUT2D eigenvalue weighted by atomic mass is 35.5. The summed E-state index contributed by atoms with van der Waals surface area (Å²) in [6.07, 6.45) is 3.30. The van der Waals surface area contributed by atoms with Gasteiger partial charge in [-0.25, -0.2) is 5.32 Å². The van der Waals surface area contributed by atoms with Crippen molar-refractivity contribution in [2.45, 2.75) is 18.9 Å². The Morgan fingerprint density at radius 3 is 3.09 bits per heavy atom. The summed E-state index contributed by atoms with van der Waals surface area (Å²) in [5.41, 5.74) is 7.72. The molecule has 5 nitrogen and oxygen atoms in total. The minimum absolute atomic E-state index is 0.0900. The lowest BCUT2D eigenvalue weighted by Gasteiger charge is -2.34. The summed E-state index contributed by atoms with van der Waals surface area (Å²) in [5, 5.41) is 5.43. The van der Waals surface area contributed by atoms with E-state index in [1.54, 1.807) is 19.4 Å². The number of ether oxygens (including phenoxy) is 2. The third-order valence-electron chi connectivity index (χ3n) is 3.80. The molecule has 3 rings (SSSR count). The van der Waals surface area contributed by atoms with E-state index in [4.69, 9.17) is 39.0 Å². The first-order valence-electron chi connectivity index (χ1n) is 7.06. The van der Waals surface area contributed by atoms with E-state index in [-0.39, 0.29) is 6.04 Å². The van der Waals surface area contributed by atoms with Gasteiger partial charge in [-0.05, 0) is 24.8 Å². The summed E-state index contributed by atoms with van der Waals surface area (Å²) < 4.78 is 11.3. The number of hydrogen-bond donors (Lipinski definition) is 1. The van der Waals surface area contributed by atoms with E-state index in [0.717, 1.165) is 29.9 Å². The highest BCUT2D eigenvalue weighted by Gasteiger charge is 2.33. The van der Waals surface area contributed by atoms with Crippen LogP contribution in [0.15, 0.2) is 24.0 Å². The Bertz CT molecular complexity index is 635. The molecule has 0 bridgehead atoms. The summed E-state index contributed by atoms with van der Waals surface area (Å²) >= 11 is 11.5. The normalized spacial score (nSPS) is 20.1. The standard InChI is InChI=1S/C15H17ClN3O2S/c1-20-13-6-10(16)4-9-5-12(8-21-14(9)13)19-11(2-3-17)7-18-15(19)22/h4,6-7,12H,2-3,5,8,17H2,1H3/t12-/m1/s1. The van der Waals surface area contributed by atoms with Gasteiger partial charge < -0.3 is 20.1 Å². The zero-order valence-corrected chi connectivity index (χ0v) is 13.8. The van der Waals surface area contributed by atoms with E-state index in [1.807, 2.05) is 11.0 Å². The van der Waals surface area contributed by atoms with Crippen LogP contribution in [0, 0.1) is 0 Å². The summed E-state index contributed by atoms with van der Waals surface area (Å²) in [5.74, 6) is 1.42. The van der Waals surface area contributed by atoms with E-state index in [2.05, 4.69) is 5.32 Å². The fraction of sp³-hybridized carbons (Fsp3) is 0.400. The Balaban J connectivity index is 1.86. The van der Waals surface area contributed by atoms with Crippen molar-refractivity contribution >= 4 is 28.9 Å². The zero-order chi connectivity index (χ0) is 15.7. The third kappa shape index (κ3) is 2.74. The lowest BCUT2D eigenvalue weighted by Crippen LogP contribution is -2.44. The van der Waals surface area contributed by atoms with Gasteiger partial charge in [0.25, 0.3) is 0 Å². The quantitative estimate of drug-likeness (QED) is 0.851. The molecule has 1 aromatic rings. The Morgan fingerprint density at radius 1 is 1.55 bits per heavy atom. The smallest absolute Gasteiger partial charge is 0.200 e. The number of nitrogens with two attached hydrogens (primary N) is 1. The van der Waals surface area contributed by atoms with Gasteiger partial charge >= 0.3 is 0 Å². The first kappa shape index (κ1) is 15.4. The molecule has 0 saturated carbocycles. The zero-order valence-electron chi connectivity index (χ0n) is 12.2. The maximum absolute atomic E-state index is 6.15. The number of methoxy groups -OCH3 is 1. The number of nitrogens with zero attached hydrogens (tertiary/aromatic N) is 2. The molecule has 1 aromatic carbocycles. The number of fused-ring (bicyclic) bond motifs is 1. The van der Waals surface area contributed by atoms with Crippen LogP contribution in [0.3, 0.4) is 0 Å². The second-order valence-corrected chi connectivity index (χ2v) is 6.01. The van der Waals surface area contributed by atoms with Gasteiger partial charge in [-0.15, -0.1) is 0 Å². The molecule has 0 aromatic heterocycles. The topological polar surface area (TPSA) is 61.8 Å². The van der Waals surface area contributed by atoms with Gasteiger partial charge in [0.1, 0.15) is 6.61 Å². The number of rotatable bonds is 4. The summed E-state index contributed by atoms with van der Waals surface area (Å²) in [7, 11) is 1.61. The van der Waals surface area contributed by atoms with Crippen molar-refractivity contribution in [2.24, 2.45) is 5.73 Å². The molecule has 2 N–H and O–H groups in total. The minimum Gasteiger partial charge on any atom is -0.493 e. The molecule has 1 atom stereocenters. The van der Waals surface area contributed by atoms with Crippen LogP contribution in [0.2, 0.25) is 5.02 Å². The summed E-state index contributed by atoms with van der Waals surface area (Å²) in [6, 6.07) is 3.76. The monoisotopic (exact) mass is 338 g/mol. The van der Waals surface area contributed by atoms with Crippen LogP contribution in [-0.2, 0) is 6.42 Å². The molecule has 22 heavy (non-hydrogen) atoms. The Hall–Kier alpha value is -1.50. The molecule has 0 aliphatic carbocycles. The van der Waals surface area contributed by atoms with Crippen LogP contribution in [-0.4, -0.2) is 36.3 Å². The van der Waals surface area contributed by atoms with Crippen LogP contribution in [0.25, 0.3) is 0 Å². The van der Waals surface area contributed by atoms with Crippen LogP contribution in [0.1, 0.15) is 12.0 Å². The molecule has 7 heteroatoms. The van der Waals surface area contributed by atoms with E-state index in [1.165, 1.54) is 0 Å². The van der Waals surface area contributed by atoms with Gasteiger partial charge in [0.15, 0.2) is 16.6 Å². The molecule has 2 heterocycles. The molecule has 2 aliphatic heterocycles. The van der Waals surface area contributed by atoms with Crippen LogP contribution in [0.4, 0.5) is 0 Å². The van der Waals surface area contributed by atoms with Crippen LogP contribution in [0.5, 0.6) is 11.5 Å². The highest BCUT2D eigenvalue weighted by Crippen LogP contribution is 2.39. The number of benzene rings is 1. The summed E-state index contributed by atoms with van der Waals surface area (Å²) in [6.45, 7) is 1.08. The SMILES string of the molecule is COc1cc(Cl)cc2c1OC[C@H](N1C(=S)[N]C=C1CCN)C2. The highest BCUT2D eigenvalue weighted by molar-refractivity contribution is 7.80. The molecule has 0 saturated heterocycles. The van der Waals surface area contributed by atoms with Gasteiger partial charge in [0.2, 0.25) is 0 Å². The molecule has 0 fully saturated rings. The number of thiocarbonyl (C=S) groups is 1. The largest absolute Gasteiger partial charge is 0.493 e. The Kier molecular flexibility index (Phi) is 4.42. The van der Waals surface area contributed by atoms with Gasteiger partial charge in [-0.2, -0.15) is 0 Å². The van der Waals surface area contributed by atoms with Gasteiger partial charge in [-0.1, -0.05) is 11.6 Å². The molecule has 2 aliphatic rings. The fourth-order valence-corrected chi connectivity index (χ4v) is 3.40. The van der Waals surface area contributed by atoms with Crippen molar-refractivity contribution in [3.63, 3.8) is 0 Å². The second-order valence-electron chi connectivity index (χ2n) is 5.21. The van der Waals surface area contributed by atoms with Crippen molar-refractivity contribution in [1.82, 2.24) is 10.2 Å². The second kappa shape index (κ2) is 6.32. The van der Waals surface area contributed by atoms with E-state index in [0.29, 0.717) is 29.0 Å². The predicted molar refractivity (Wildman–Crippen MR) is 89.3 cm³/mol. The number of halogens is 1. The van der Waals surface area contributed by atoms with Crippen molar-refractivity contribution in [3.8, 4) is 11.5 Å². The average molecular weight is 339 g/mol. The van der Waals surface area contributed by atoms with E-state index in [9.17, 15) is 0 Å². The molecule has 0 amide bonds. The molecular formula is C15H17ClN3O2S. The molecule has 117 valence electrons. The maximum Gasteiger partial charge on any atom is 0.200 e. The van der Waals surface area contributed by atoms with Gasteiger partial charge in [-0.3, -0.25) is 0 Å². The molecule has 0 unspecified atom stereocenters. The first-order valence-corrected chi connectivity index (χ1v) is 7.85. The van der Waals surface area contributed by atoms with Crippen molar-refractivity contribution < 1.29 is 9.47 Å². The van der Waals surface area contributed by atoms with Gasteiger partial charge in [0, 0.05) is 41.4 Å². The molecule has 0 spiro atoms. The Morgan fingerprint density at radius 2 is 2.36 bits per heavy atom. The molecule has 1 radical (unpaired) electrons. The predicted octanol–water partition coefficient (Wildman–Crippen LogP) is 2.05. The van der Waals surface area contributed by atoms with Crippen molar-refractivity contribution in [2.75, 3.05) is 20.3 Å². The van der Waals surface area contributed by atoms with E-state index >= 15 is 0 Å².